The minimum absolute atomic E-state index is 0.115. The van der Waals surface area contributed by atoms with E-state index in [1.807, 2.05) is 43.3 Å². The summed E-state index contributed by atoms with van der Waals surface area (Å²) in [6.07, 6.45) is 0.221. The summed E-state index contributed by atoms with van der Waals surface area (Å²) >= 11 is 0. The standard InChI is InChI=1S/C24H24N2O5S/c1-17-7-10-20(11-8-17)32(28,29)26-21(13-18-5-3-2-4-6-18)24(27)25-15-19-9-12-22-23(14-19)31-16-30-22/h2-12,14,21,26H,13,15-16H2,1H3,(H,25,27)/t21-/m1/s1. The first-order chi connectivity index (χ1) is 15.4. The SMILES string of the molecule is Cc1ccc(S(=O)(=O)N[C@H](Cc2ccccc2)C(=O)NCc2ccc3c(c2)OCO3)cc1. The van der Waals surface area contributed by atoms with Crippen LogP contribution in [0, 0.1) is 6.92 Å². The molecule has 1 heterocycles. The quantitative estimate of drug-likeness (QED) is 0.548. The molecule has 166 valence electrons. The van der Waals surface area contributed by atoms with Crippen LogP contribution in [-0.4, -0.2) is 27.2 Å². The van der Waals surface area contributed by atoms with Gasteiger partial charge in [-0.2, -0.15) is 4.72 Å². The number of sulfonamides is 1. The number of ether oxygens (including phenoxy) is 2. The lowest BCUT2D eigenvalue weighted by atomic mass is 10.1. The molecule has 3 aromatic rings. The average molecular weight is 453 g/mol. The number of fused-ring (bicyclic) bond motifs is 1. The molecule has 0 aliphatic carbocycles. The molecule has 0 fully saturated rings. The van der Waals surface area contributed by atoms with E-state index in [4.69, 9.17) is 9.47 Å². The Morgan fingerprint density at radius 3 is 2.41 bits per heavy atom. The van der Waals surface area contributed by atoms with Crippen molar-refractivity contribution in [1.29, 1.82) is 0 Å². The van der Waals surface area contributed by atoms with Crippen LogP contribution < -0.4 is 19.5 Å². The highest BCUT2D eigenvalue weighted by Gasteiger charge is 2.26. The Labute approximate surface area is 187 Å². The smallest absolute Gasteiger partial charge is 0.241 e. The van der Waals surface area contributed by atoms with E-state index in [1.54, 1.807) is 24.3 Å². The van der Waals surface area contributed by atoms with Gasteiger partial charge in [-0.3, -0.25) is 4.79 Å². The third-order valence-electron chi connectivity index (χ3n) is 5.13. The maximum atomic E-state index is 13.0. The number of carbonyl (C=O) groups excluding carboxylic acids is 1. The molecule has 1 aliphatic rings. The van der Waals surface area contributed by atoms with E-state index in [0.29, 0.717) is 11.5 Å². The van der Waals surface area contributed by atoms with Gasteiger partial charge in [-0.25, -0.2) is 8.42 Å². The van der Waals surface area contributed by atoms with E-state index < -0.39 is 22.0 Å². The Kier molecular flexibility index (Phi) is 6.43. The minimum atomic E-state index is -3.88. The number of benzene rings is 3. The van der Waals surface area contributed by atoms with Crippen molar-refractivity contribution >= 4 is 15.9 Å². The largest absolute Gasteiger partial charge is 0.454 e. The van der Waals surface area contributed by atoms with Gasteiger partial charge < -0.3 is 14.8 Å². The van der Waals surface area contributed by atoms with Crippen molar-refractivity contribution in [3.63, 3.8) is 0 Å². The average Bonchev–Trinajstić information content (AvgIpc) is 3.26. The van der Waals surface area contributed by atoms with E-state index >= 15 is 0 Å². The fraction of sp³-hybridized carbons (Fsp3) is 0.208. The highest BCUT2D eigenvalue weighted by Crippen LogP contribution is 2.32. The Hall–Kier alpha value is -3.36. The Balaban J connectivity index is 1.50. The number of hydrogen-bond acceptors (Lipinski definition) is 5. The molecule has 1 amide bonds. The predicted molar refractivity (Wildman–Crippen MR) is 120 cm³/mol. The summed E-state index contributed by atoms with van der Waals surface area (Å²) < 4.78 is 39.1. The molecule has 0 spiro atoms. The normalized spacial score (nSPS) is 13.5. The molecule has 0 saturated heterocycles. The second kappa shape index (κ2) is 9.42. The van der Waals surface area contributed by atoms with Gasteiger partial charge in [0.15, 0.2) is 11.5 Å². The monoisotopic (exact) mass is 452 g/mol. The molecule has 8 heteroatoms. The number of aryl methyl sites for hydroxylation is 1. The molecule has 3 aromatic carbocycles. The van der Waals surface area contributed by atoms with Gasteiger partial charge in [0, 0.05) is 6.54 Å². The van der Waals surface area contributed by atoms with Crippen LogP contribution in [0.3, 0.4) is 0 Å². The van der Waals surface area contributed by atoms with E-state index in [1.165, 1.54) is 12.1 Å². The molecule has 7 nitrogen and oxygen atoms in total. The Morgan fingerprint density at radius 2 is 1.66 bits per heavy atom. The molecule has 32 heavy (non-hydrogen) atoms. The van der Waals surface area contributed by atoms with Gasteiger partial charge in [-0.05, 0) is 48.7 Å². The van der Waals surface area contributed by atoms with Crippen LogP contribution in [0.15, 0.2) is 77.7 Å². The van der Waals surface area contributed by atoms with Crippen LogP contribution in [0.1, 0.15) is 16.7 Å². The number of nitrogens with one attached hydrogen (secondary N) is 2. The van der Waals surface area contributed by atoms with E-state index in [2.05, 4.69) is 10.0 Å². The van der Waals surface area contributed by atoms with Crippen LogP contribution in [0.4, 0.5) is 0 Å². The second-order valence-electron chi connectivity index (χ2n) is 7.58. The number of hydrogen-bond donors (Lipinski definition) is 2. The zero-order valence-corrected chi connectivity index (χ0v) is 18.4. The third kappa shape index (κ3) is 5.27. The first-order valence-corrected chi connectivity index (χ1v) is 11.7. The summed E-state index contributed by atoms with van der Waals surface area (Å²) in [6.45, 7) is 2.28. The van der Waals surface area contributed by atoms with Crippen molar-refractivity contribution in [1.82, 2.24) is 10.0 Å². The number of rotatable bonds is 8. The van der Waals surface area contributed by atoms with Gasteiger partial charge in [-0.1, -0.05) is 54.1 Å². The topological polar surface area (TPSA) is 93.7 Å². The highest BCUT2D eigenvalue weighted by atomic mass is 32.2. The molecule has 2 N–H and O–H groups in total. The Bertz CT molecular complexity index is 1190. The molecular formula is C24H24N2O5S. The lowest BCUT2D eigenvalue weighted by Gasteiger charge is -2.19. The van der Waals surface area contributed by atoms with E-state index in [-0.39, 0.29) is 24.7 Å². The zero-order valence-electron chi connectivity index (χ0n) is 17.6. The van der Waals surface area contributed by atoms with Gasteiger partial charge in [0.05, 0.1) is 4.90 Å². The number of amides is 1. The summed E-state index contributed by atoms with van der Waals surface area (Å²) in [5.74, 6) is 0.868. The molecule has 0 bridgehead atoms. The molecule has 4 rings (SSSR count). The van der Waals surface area contributed by atoms with Crippen molar-refractivity contribution in [3.8, 4) is 11.5 Å². The predicted octanol–water partition coefficient (Wildman–Crippen LogP) is 2.93. The van der Waals surface area contributed by atoms with E-state index in [9.17, 15) is 13.2 Å². The second-order valence-corrected chi connectivity index (χ2v) is 9.30. The van der Waals surface area contributed by atoms with Gasteiger partial charge in [-0.15, -0.1) is 0 Å². The van der Waals surface area contributed by atoms with Crippen LogP contribution in [0.25, 0.3) is 0 Å². The van der Waals surface area contributed by atoms with Gasteiger partial charge in [0.2, 0.25) is 22.7 Å². The van der Waals surface area contributed by atoms with Crippen molar-refractivity contribution in [2.75, 3.05) is 6.79 Å². The maximum Gasteiger partial charge on any atom is 0.241 e. The Morgan fingerprint density at radius 1 is 0.938 bits per heavy atom. The third-order valence-corrected chi connectivity index (χ3v) is 6.62. The van der Waals surface area contributed by atoms with Crippen molar-refractivity contribution < 1.29 is 22.7 Å². The molecule has 1 aliphatic heterocycles. The maximum absolute atomic E-state index is 13.0. The van der Waals surface area contributed by atoms with Crippen LogP contribution >= 0.6 is 0 Å². The first kappa shape index (κ1) is 21.9. The summed E-state index contributed by atoms with van der Waals surface area (Å²) in [5, 5.41) is 2.83. The highest BCUT2D eigenvalue weighted by molar-refractivity contribution is 7.89. The van der Waals surface area contributed by atoms with E-state index in [0.717, 1.165) is 16.7 Å². The lowest BCUT2D eigenvalue weighted by molar-refractivity contribution is -0.122. The van der Waals surface area contributed by atoms with Gasteiger partial charge in [0.1, 0.15) is 6.04 Å². The number of carbonyl (C=O) groups is 1. The first-order valence-electron chi connectivity index (χ1n) is 10.2. The molecule has 0 radical (unpaired) electrons. The van der Waals surface area contributed by atoms with Crippen LogP contribution in [0.5, 0.6) is 11.5 Å². The van der Waals surface area contributed by atoms with Gasteiger partial charge >= 0.3 is 0 Å². The molecule has 0 unspecified atom stereocenters. The minimum Gasteiger partial charge on any atom is -0.454 e. The zero-order chi connectivity index (χ0) is 22.6. The summed E-state index contributed by atoms with van der Waals surface area (Å²) in [5.41, 5.74) is 2.62. The van der Waals surface area contributed by atoms with Crippen LogP contribution in [-0.2, 0) is 27.8 Å². The van der Waals surface area contributed by atoms with Crippen molar-refractivity contribution in [2.45, 2.75) is 30.8 Å². The van der Waals surface area contributed by atoms with Crippen molar-refractivity contribution in [3.05, 3.63) is 89.5 Å². The summed E-state index contributed by atoms with van der Waals surface area (Å²) in [6, 6.07) is 20.2. The fourth-order valence-electron chi connectivity index (χ4n) is 3.37. The summed E-state index contributed by atoms with van der Waals surface area (Å²) in [7, 11) is -3.88. The van der Waals surface area contributed by atoms with Crippen LogP contribution in [0.2, 0.25) is 0 Å². The van der Waals surface area contributed by atoms with Crippen molar-refractivity contribution in [2.24, 2.45) is 0 Å². The lowest BCUT2D eigenvalue weighted by Crippen LogP contribution is -2.47. The summed E-state index contributed by atoms with van der Waals surface area (Å²) in [4.78, 5) is 13.1. The molecule has 0 saturated carbocycles. The van der Waals surface area contributed by atoms with Gasteiger partial charge in [0.25, 0.3) is 0 Å². The fourth-order valence-corrected chi connectivity index (χ4v) is 4.57. The molecule has 0 aromatic heterocycles. The molecular weight excluding hydrogens is 428 g/mol. The molecule has 1 atom stereocenters.